The number of aliphatic hydroxyl groups is 1. The second-order valence-electron chi connectivity index (χ2n) is 3.21. The maximum absolute atomic E-state index is 10.1. The van der Waals surface area contributed by atoms with Crippen molar-refractivity contribution in [2.75, 3.05) is 19.5 Å². The lowest BCUT2D eigenvalue weighted by atomic mass is 10.3. The van der Waals surface area contributed by atoms with Gasteiger partial charge in [-0.15, -0.1) is 0 Å². The topological polar surface area (TPSA) is 92.3 Å². The Labute approximate surface area is 99.4 Å². The molecule has 0 atom stereocenters. The fourth-order valence-corrected chi connectivity index (χ4v) is 1.45. The summed E-state index contributed by atoms with van der Waals surface area (Å²) in [6.45, 7) is -0.425. The van der Waals surface area contributed by atoms with Gasteiger partial charge in [0.15, 0.2) is 0 Å². The number of nitrogens with one attached hydrogen (secondary N) is 1. The van der Waals surface area contributed by atoms with Crippen LogP contribution in [0.2, 0.25) is 0 Å². The van der Waals surface area contributed by atoms with E-state index in [-0.39, 0.29) is 13.2 Å². The van der Waals surface area contributed by atoms with Crippen LogP contribution in [0.25, 0.3) is 10.9 Å². The van der Waals surface area contributed by atoms with Gasteiger partial charge in [0.1, 0.15) is 0 Å². The summed E-state index contributed by atoms with van der Waals surface area (Å²) < 4.78 is 24.2. The Kier molecular flexibility index (Phi) is 5.08. The molecule has 7 heteroatoms. The number of para-hydroxylation sites is 1. The largest absolute Gasteiger partial charge is 0.394 e. The Balaban J connectivity index is 0.000000172. The van der Waals surface area contributed by atoms with Crippen molar-refractivity contribution < 1.29 is 17.7 Å². The zero-order valence-electron chi connectivity index (χ0n) is 9.33. The number of hydrogen-bond donors (Lipinski definition) is 2. The Morgan fingerprint density at radius 3 is 2.65 bits per heavy atom. The van der Waals surface area contributed by atoms with Crippen LogP contribution in [0.3, 0.4) is 0 Å². The van der Waals surface area contributed by atoms with E-state index >= 15 is 0 Å². The maximum atomic E-state index is 10.1. The number of H-pyrrole nitrogens is 1. The van der Waals surface area contributed by atoms with E-state index in [1.807, 2.05) is 30.5 Å². The molecule has 0 amide bonds. The van der Waals surface area contributed by atoms with E-state index in [1.54, 1.807) is 0 Å². The van der Waals surface area contributed by atoms with Gasteiger partial charge in [0.2, 0.25) is 0 Å². The molecule has 94 valence electrons. The van der Waals surface area contributed by atoms with E-state index in [9.17, 15) is 8.42 Å². The summed E-state index contributed by atoms with van der Waals surface area (Å²) in [7, 11) is -3.35. The molecule has 0 unspecified atom stereocenters. The van der Waals surface area contributed by atoms with Crippen LogP contribution in [0.1, 0.15) is 0 Å². The number of benzene rings is 1. The molecule has 2 N–H and O–H groups in total. The fourth-order valence-electron chi connectivity index (χ4n) is 1.07. The van der Waals surface area contributed by atoms with E-state index in [1.165, 1.54) is 0 Å². The van der Waals surface area contributed by atoms with Gasteiger partial charge in [-0.25, -0.2) is 0 Å². The highest BCUT2D eigenvalue weighted by Gasteiger charge is 1.97. The van der Waals surface area contributed by atoms with Gasteiger partial charge in [0.05, 0.1) is 31.2 Å². The van der Waals surface area contributed by atoms with E-state index < -0.39 is 10.1 Å². The first-order valence-corrected chi connectivity index (χ1v) is 6.68. The predicted octanol–water partition coefficient (Wildman–Crippen LogP) is 0.518. The number of hydrogen-bond acceptors (Lipinski definition) is 5. The average molecular weight is 258 g/mol. The second kappa shape index (κ2) is 6.33. The second-order valence-corrected chi connectivity index (χ2v) is 4.85. The number of aromatic nitrogens is 2. The van der Waals surface area contributed by atoms with Crippen LogP contribution in [0.15, 0.2) is 30.5 Å². The summed E-state index contributed by atoms with van der Waals surface area (Å²) in [5, 5.41) is 16.0. The Bertz CT molecular complexity index is 520. The zero-order chi connectivity index (χ0) is 12.7. The van der Waals surface area contributed by atoms with Crippen LogP contribution in [0.4, 0.5) is 0 Å². The third kappa shape index (κ3) is 5.43. The molecule has 0 spiro atoms. The maximum Gasteiger partial charge on any atom is 0.264 e. The van der Waals surface area contributed by atoms with Crippen molar-refractivity contribution in [1.29, 1.82) is 0 Å². The molecule has 0 aliphatic heterocycles. The van der Waals surface area contributed by atoms with Gasteiger partial charge in [-0.2, -0.15) is 13.5 Å². The molecule has 0 radical (unpaired) electrons. The van der Waals surface area contributed by atoms with Crippen LogP contribution in [0.5, 0.6) is 0 Å². The van der Waals surface area contributed by atoms with Gasteiger partial charge in [-0.05, 0) is 6.07 Å². The minimum Gasteiger partial charge on any atom is -0.394 e. The van der Waals surface area contributed by atoms with Gasteiger partial charge in [0.25, 0.3) is 10.1 Å². The SMILES string of the molecule is CS(=O)(=O)OCCO.c1ccc2[nH]ncc2c1. The molecule has 2 rings (SSSR count). The monoisotopic (exact) mass is 258 g/mol. The number of fused-ring (bicyclic) bond motifs is 1. The lowest BCUT2D eigenvalue weighted by Crippen LogP contribution is -2.06. The highest BCUT2D eigenvalue weighted by Crippen LogP contribution is 2.06. The minimum absolute atomic E-state index is 0.154. The molecule has 1 heterocycles. The van der Waals surface area contributed by atoms with Crippen molar-refractivity contribution >= 4 is 21.0 Å². The van der Waals surface area contributed by atoms with E-state index in [4.69, 9.17) is 5.11 Å². The molecule has 0 aliphatic carbocycles. The molecule has 0 bridgehead atoms. The lowest BCUT2D eigenvalue weighted by molar-refractivity contribution is 0.206. The van der Waals surface area contributed by atoms with Crippen molar-refractivity contribution in [3.8, 4) is 0 Å². The molecule has 1 aromatic carbocycles. The van der Waals surface area contributed by atoms with E-state index in [2.05, 4.69) is 14.4 Å². The quantitative estimate of drug-likeness (QED) is 0.783. The molecule has 0 saturated heterocycles. The summed E-state index contributed by atoms with van der Waals surface area (Å²) in [5.74, 6) is 0. The number of aliphatic hydroxyl groups excluding tert-OH is 1. The summed E-state index contributed by atoms with van der Waals surface area (Å²) in [4.78, 5) is 0. The third-order valence-corrected chi connectivity index (χ3v) is 2.33. The first kappa shape index (κ1) is 13.6. The van der Waals surface area contributed by atoms with Crippen molar-refractivity contribution in [3.63, 3.8) is 0 Å². The van der Waals surface area contributed by atoms with Gasteiger partial charge in [0, 0.05) is 5.39 Å². The smallest absolute Gasteiger partial charge is 0.264 e. The van der Waals surface area contributed by atoms with Crippen molar-refractivity contribution in [1.82, 2.24) is 10.2 Å². The van der Waals surface area contributed by atoms with Crippen molar-refractivity contribution in [3.05, 3.63) is 30.5 Å². The fraction of sp³-hybridized carbons (Fsp3) is 0.300. The standard InChI is InChI=1S/C7H6N2.C3H8O4S/c1-2-4-7-6(3-1)5-8-9-7;1-8(5,6)7-3-2-4/h1-5H,(H,8,9);4H,2-3H2,1H3. The third-order valence-electron chi connectivity index (χ3n) is 1.74. The molecule has 0 fully saturated rings. The van der Waals surface area contributed by atoms with E-state index in [0.717, 1.165) is 17.2 Å². The van der Waals surface area contributed by atoms with Crippen LogP contribution in [-0.2, 0) is 14.3 Å². The minimum atomic E-state index is -3.35. The molecule has 1 aromatic heterocycles. The molecular formula is C10H14N2O4S. The molecule has 0 aliphatic rings. The highest BCUT2D eigenvalue weighted by atomic mass is 32.2. The molecule has 0 saturated carbocycles. The van der Waals surface area contributed by atoms with Gasteiger partial charge < -0.3 is 5.11 Å². The number of rotatable bonds is 3. The summed E-state index contributed by atoms with van der Waals surface area (Å²) in [6, 6.07) is 8.01. The van der Waals surface area contributed by atoms with Crippen LogP contribution in [0, 0.1) is 0 Å². The molecule has 2 aromatic rings. The number of aromatic amines is 1. The number of nitrogens with zero attached hydrogens (tertiary/aromatic N) is 1. The van der Waals surface area contributed by atoms with Crippen molar-refractivity contribution in [2.45, 2.75) is 0 Å². The Hall–Kier alpha value is -1.44. The summed E-state index contributed by atoms with van der Waals surface area (Å²) in [5.41, 5.74) is 1.09. The molecule has 6 nitrogen and oxygen atoms in total. The van der Waals surface area contributed by atoms with Gasteiger partial charge in [-0.1, -0.05) is 18.2 Å². The molecular weight excluding hydrogens is 244 g/mol. The van der Waals surface area contributed by atoms with E-state index in [0.29, 0.717) is 0 Å². The van der Waals surface area contributed by atoms with Crippen LogP contribution >= 0.6 is 0 Å². The molecule has 17 heavy (non-hydrogen) atoms. The van der Waals surface area contributed by atoms with Gasteiger partial charge >= 0.3 is 0 Å². The normalized spacial score (nSPS) is 10.9. The Morgan fingerprint density at radius 2 is 2.12 bits per heavy atom. The predicted molar refractivity (Wildman–Crippen MR) is 64.0 cm³/mol. The van der Waals surface area contributed by atoms with Crippen molar-refractivity contribution in [2.24, 2.45) is 0 Å². The van der Waals surface area contributed by atoms with Gasteiger partial charge in [-0.3, -0.25) is 9.28 Å². The lowest BCUT2D eigenvalue weighted by Gasteiger charge is -1.93. The first-order valence-electron chi connectivity index (χ1n) is 4.86. The Morgan fingerprint density at radius 1 is 1.41 bits per heavy atom. The zero-order valence-corrected chi connectivity index (χ0v) is 10.1. The van der Waals surface area contributed by atoms with Crippen LogP contribution < -0.4 is 0 Å². The summed E-state index contributed by atoms with van der Waals surface area (Å²) >= 11 is 0. The highest BCUT2D eigenvalue weighted by molar-refractivity contribution is 7.85. The first-order chi connectivity index (χ1) is 8.03. The van der Waals surface area contributed by atoms with Crippen LogP contribution in [-0.4, -0.2) is 43.2 Å². The average Bonchev–Trinajstić information content (AvgIpc) is 2.74. The summed E-state index contributed by atoms with van der Waals surface area (Å²) in [6.07, 6.45) is 2.75.